The monoisotopic (exact) mass is 348 g/mol. The highest BCUT2D eigenvalue weighted by molar-refractivity contribution is 9.10. The number of nitrogens with one attached hydrogen (secondary N) is 1. The van der Waals surface area contributed by atoms with Crippen molar-refractivity contribution in [1.29, 1.82) is 0 Å². The molecule has 0 fully saturated rings. The Bertz CT molecular complexity index is 676. The Morgan fingerprint density at radius 1 is 1.14 bits per heavy atom. The maximum Gasteiger partial charge on any atom is 0.283 e. The van der Waals surface area contributed by atoms with Gasteiger partial charge in [0.2, 0.25) is 0 Å². The van der Waals surface area contributed by atoms with Crippen molar-refractivity contribution in [3.8, 4) is 0 Å². The normalized spacial score (nSPS) is 10.5. The second-order valence-electron chi connectivity index (χ2n) is 5.15. The Hall–Kier alpha value is -1.88. The minimum absolute atomic E-state index is 0.0725. The van der Waals surface area contributed by atoms with E-state index in [1.807, 2.05) is 0 Å². The van der Waals surface area contributed by atoms with E-state index >= 15 is 0 Å². The molecular weight excluding hydrogens is 332 g/mol. The summed E-state index contributed by atoms with van der Waals surface area (Å²) in [5.41, 5.74) is 5.94. The standard InChI is InChI=1S/C16H17BrN2O2/c1-10-6-11(2)14(12(3)7-10)9-18-13-4-5-16(19(20)21)15(17)8-13/h4-8,18H,9H2,1-3H3. The molecule has 0 heterocycles. The summed E-state index contributed by atoms with van der Waals surface area (Å²) < 4.78 is 0.481. The summed E-state index contributed by atoms with van der Waals surface area (Å²) in [7, 11) is 0. The lowest BCUT2D eigenvalue weighted by Gasteiger charge is -2.13. The average molecular weight is 349 g/mol. The summed E-state index contributed by atoms with van der Waals surface area (Å²) in [5.74, 6) is 0. The van der Waals surface area contributed by atoms with Crippen LogP contribution in [0.15, 0.2) is 34.8 Å². The molecule has 0 radical (unpaired) electrons. The summed E-state index contributed by atoms with van der Waals surface area (Å²) in [6.07, 6.45) is 0. The number of halogens is 1. The van der Waals surface area contributed by atoms with E-state index in [1.54, 1.807) is 12.1 Å². The topological polar surface area (TPSA) is 55.2 Å². The molecule has 1 N–H and O–H groups in total. The number of nitrogens with zero attached hydrogens (tertiary/aromatic N) is 1. The predicted molar refractivity (Wildman–Crippen MR) is 88.8 cm³/mol. The second kappa shape index (κ2) is 6.26. The number of hydrogen-bond acceptors (Lipinski definition) is 3. The number of benzene rings is 2. The van der Waals surface area contributed by atoms with Crippen molar-refractivity contribution in [2.75, 3.05) is 5.32 Å². The first-order valence-corrected chi connectivity index (χ1v) is 7.42. The first kappa shape index (κ1) is 15.5. The van der Waals surface area contributed by atoms with Crippen LogP contribution in [-0.4, -0.2) is 4.92 Å². The molecule has 0 aliphatic heterocycles. The van der Waals surface area contributed by atoms with E-state index in [1.165, 1.54) is 28.3 Å². The highest BCUT2D eigenvalue weighted by Gasteiger charge is 2.11. The van der Waals surface area contributed by atoms with Crippen LogP contribution < -0.4 is 5.32 Å². The van der Waals surface area contributed by atoms with Gasteiger partial charge in [0.1, 0.15) is 0 Å². The van der Waals surface area contributed by atoms with Gasteiger partial charge in [-0.3, -0.25) is 10.1 Å². The van der Waals surface area contributed by atoms with Gasteiger partial charge in [-0.25, -0.2) is 0 Å². The van der Waals surface area contributed by atoms with Gasteiger partial charge in [0.25, 0.3) is 5.69 Å². The van der Waals surface area contributed by atoms with Crippen LogP contribution in [0.5, 0.6) is 0 Å². The van der Waals surface area contributed by atoms with Gasteiger partial charge in [-0.1, -0.05) is 17.7 Å². The van der Waals surface area contributed by atoms with Crippen LogP contribution in [-0.2, 0) is 6.54 Å². The molecule has 2 rings (SSSR count). The lowest BCUT2D eigenvalue weighted by Crippen LogP contribution is -2.04. The predicted octanol–water partition coefficient (Wildman–Crippen LogP) is 4.89. The molecular formula is C16H17BrN2O2. The zero-order valence-corrected chi connectivity index (χ0v) is 13.8. The Kier molecular flexibility index (Phi) is 4.63. The van der Waals surface area contributed by atoms with Crippen molar-refractivity contribution in [3.05, 3.63) is 67.2 Å². The van der Waals surface area contributed by atoms with Crippen molar-refractivity contribution in [1.82, 2.24) is 0 Å². The molecule has 0 aliphatic rings. The van der Waals surface area contributed by atoms with E-state index in [0.717, 1.165) is 5.69 Å². The van der Waals surface area contributed by atoms with Gasteiger partial charge in [-0.05, 0) is 65.5 Å². The zero-order chi connectivity index (χ0) is 15.6. The van der Waals surface area contributed by atoms with E-state index in [-0.39, 0.29) is 5.69 Å². The van der Waals surface area contributed by atoms with E-state index in [9.17, 15) is 10.1 Å². The van der Waals surface area contributed by atoms with Crippen molar-refractivity contribution < 1.29 is 4.92 Å². The van der Waals surface area contributed by atoms with Crippen LogP contribution in [0.1, 0.15) is 22.3 Å². The number of nitro benzene ring substituents is 1. The van der Waals surface area contributed by atoms with Crippen LogP contribution >= 0.6 is 15.9 Å². The molecule has 110 valence electrons. The van der Waals surface area contributed by atoms with Crippen molar-refractivity contribution in [3.63, 3.8) is 0 Å². The number of nitro groups is 1. The Morgan fingerprint density at radius 3 is 2.29 bits per heavy atom. The fourth-order valence-electron chi connectivity index (χ4n) is 2.44. The van der Waals surface area contributed by atoms with Gasteiger partial charge in [-0.2, -0.15) is 0 Å². The van der Waals surface area contributed by atoms with Crippen LogP contribution in [0, 0.1) is 30.9 Å². The van der Waals surface area contributed by atoms with E-state index in [2.05, 4.69) is 54.2 Å². The smallest absolute Gasteiger partial charge is 0.283 e. The largest absolute Gasteiger partial charge is 0.381 e. The van der Waals surface area contributed by atoms with Gasteiger partial charge in [0, 0.05) is 18.3 Å². The number of anilines is 1. The molecule has 5 heteroatoms. The third kappa shape index (κ3) is 3.61. The molecule has 0 aromatic heterocycles. The second-order valence-corrected chi connectivity index (χ2v) is 6.01. The quantitative estimate of drug-likeness (QED) is 0.631. The minimum atomic E-state index is -0.401. The number of rotatable bonds is 4. The molecule has 0 saturated carbocycles. The van der Waals surface area contributed by atoms with Gasteiger partial charge in [0.15, 0.2) is 0 Å². The molecule has 0 atom stereocenters. The van der Waals surface area contributed by atoms with Crippen molar-refractivity contribution in [2.45, 2.75) is 27.3 Å². The summed E-state index contributed by atoms with van der Waals surface area (Å²) in [6.45, 7) is 6.98. The van der Waals surface area contributed by atoms with E-state index in [4.69, 9.17) is 0 Å². The fourth-order valence-corrected chi connectivity index (χ4v) is 2.97. The molecule has 0 bridgehead atoms. The number of aryl methyl sites for hydroxylation is 3. The maximum absolute atomic E-state index is 10.8. The highest BCUT2D eigenvalue weighted by atomic mass is 79.9. The third-order valence-corrected chi connectivity index (χ3v) is 4.09. The van der Waals surface area contributed by atoms with Crippen molar-refractivity contribution in [2.24, 2.45) is 0 Å². The van der Waals surface area contributed by atoms with Crippen LogP contribution in [0.2, 0.25) is 0 Å². The molecule has 0 spiro atoms. The molecule has 0 aliphatic carbocycles. The molecule has 21 heavy (non-hydrogen) atoms. The molecule has 0 saturated heterocycles. The molecule has 4 nitrogen and oxygen atoms in total. The first-order valence-electron chi connectivity index (χ1n) is 6.63. The molecule has 2 aromatic carbocycles. The van der Waals surface area contributed by atoms with E-state index < -0.39 is 4.92 Å². The van der Waals surface area contributed by atoms with Gasteiger partial charge in [0.05, 0.1) is 9.40 Å². The van der Waals surface area contributed by atoms with Crippen molar-refractivity contribution >= 4 is 27.3 Å². The van der Waals surface area contributed by atoms with Gasteiger partial charge < -0.3 is 5.32 Å². The fraction of sp³-hybridized carbons (Fsp3) is 0.250. The first-order chi connectivity index (χ1) is 9.88. The average Bonchev–Trinajstić information content (AvgIpc) is 2.36. The van der Waals surface area contributed by atoms with Crippen LogP contribution in [0.3, 0.4) is 0 Å². The lowest BCUT2D eigenvalue weighted by atomic mass is 10.00. The Balaban J connectivity index is 2.17. The molecule has 2 aromatic rings. The van der Waals surface area contributed by atoms with Crippen LogP contribution in [0.25, 0.3) is 0 Å². The van der Waals surface area contributed by atoms with Gasteiger partial charge in [-0.15, -0.1) is 0 Å². The Labute approximate surface area is 132 Å². The van der Waals surface area contributed by atoms with Gasteiger partial charge >= 0.3 is 0 Å². The summed E-state index contributed by atoms with van der Waals surface area (Å²) in [4.78, 5) is 10.4. The highest BCUT2D eigenvalue weighted by Crippen LogP contribution is 2.28. The summed E-state index contributed by atoms with van der Waals surface area (Å²) >= 11 is 3.23. The lowest BCUT2D eigenvalue weighted by molar-refractivity contribution is -0.385. The molecule has 0 amide bonds. The third-order valence-electron chi connectivity index (χ3n) is 3.45. The SMILES string of the molecule is Cc1cc(C)c(CNc2ccc([N+](=O)[O-])c(Br)c2)c(C)c1. The summed E-state index contributed by atoms with van der Waals surface area (Å²) in [6, 6.07) is 9.28. The zero-order valence-electron chi connectivity index (χ0n) is 12.2. The molecule has 0 unspecified atom stereocenters. The Morgan fingerprint density at radius 2 is 1.76 bits per heavy atom. The summed E-state index contributed by atoms with van der Waals surface area (Å²) in [5, 5.41) is 14.1. The minimum Gasteiger partial charge on any atom is -0.381 e. The number of hydrogen-bond donors (Lipinski definition) is 1. The van der Waals surface area contributed by atoms with Crippen LogP contribution in [0.4, 0.5) is 11.4 Å². The maximum atomic E-state index is 10.8. The van der Waals surface area contributed by atoms with E-state index in [0.29, 0.717) is 11.0 Å².